The van der Waals surface area contributed by atoms with Crippen molar-refractivity contribution in [2.24, 2.45) is 11.3 Å². The monoisotopic (exact) mass is 310 g/mol. The van der Waals surface area contributed by atoms with Crippen LogP contribution in [0.2, 0.25) is 0 Å². The van der Waals surface area contributed by atoms with Crippen LogP contribution in [-0.4, -0.2) is 47.7 Å². The van der Waals surface area contributed by atoms with Crippen molar-refractivity contribution in [2.75, 3.05) is 19.7 Å². The summed E-state index contributed by atoms with van der Waals surface area (Å²) in [5.74, 6) is 0.837. The van der Waals surface area contributed by atoms with Gasteiger partial charge in [-0.2, -0.15) is 0 Å². The number of piperidine rings is 1. The Morgan fingerprint density at radius 2 is 1.59 bits per heavy atom. The van der Waals surface area contributed by atoms with E-state index in [0.717, 1.165) is 38.8 Å². The van der Waals surface area contributed by atoms with Crippen LogP contribution >= 0.6 is 0 Å². The maximum Gasteiger partial charge on any atom is 0.223 e. The molecule has 4 nitrogen and oxygen atoms in total. The fourth-order valence-corrected chi connectivity index (χ4v) is 3.71. The first-order valence-electron chi connectivity index (χ1n) is 9.02. The van der Waals surface area contributed by atoms with Crippen molar-refractivity contribution < 1.29 is 9.90 Å². The molecule has 0 aromatic carbocycles. The standard InChI is InChI=1S/C18H34N2O2/c1-18(2,3)12-17(22)20-10-8-16(9-11-20)19-15-6-4-14(13-21)5-7-15/h14-16,19,21H,4-13H2,1-3H3. The first kappa shape index (κ1) is 17.7. The van der Waals surface area contributed by atoms with Gasteiger partial charge in [-0.3, -0.25) is 4.79 Å². The van der Waals surface area contributed by atoms with Gasteiger partial charge in [0.2, 0.25) is 5.91 Å². The largest absolute Gasteiger partial charge is 0.396 e. The molecule has 1 aliphatic heterocycles. The molecule has 1 aliphatic carbocycles. The number of nitrogens with zero attached hydrogens (tertiary/aromatic N) is 1. The van der Waals surface area contributed by atoms with Crippen LogP contribution in [-0.2, 0) is 4.79 Å². The summed E-state index contributed by atoms with van der Waals surface area (Å²) < 4.78 is 0. The zero-order chi connectivity index (χ0) is 16.2. The van der Waals surface area contributed by atoms with E-state index in [2.05, 4.69) is 26.1 Å². The first-order valence-corrected chi connectivity index (χ1v) is 9.02. The number of amides is 1. The highest BCUT2D eigenvalue weighted by molar-refractivity contribution is 5.76. The van der Waals surface area contributed by atoms with E-state index in [9.17, 15) is 9.90 Å². The third kappa shape index (κ3) is 5.54. The van der Waals surface area contributed by atoms with Gasteiger partial charge in [0.1, 0.15) is 0 Å². The van der Waals surface area contributed by atoms with E-state index >= 15 is 0 Å². The Bertz CT molecular complexity index is 349. The number of nitrogens with one attached hydrogen (secondary N) is 1. The molecule has 1 saturated carbocycles. The summed E-state index contributed by atoms with van der Waals surface area (Å²) in [6.45, 7) is 8.53. The number of likely N-dealkylation sites (tertiary alicyclic amines) is 1. The molecule has 0 atom stereocenters. The Hall–Kier alpha value is -0.610. The van der Waals surface area contributed by atoms with Crippen LogP contribution in [0.5, 0.6) is 0 Å². The maximum absolute atomic E-state index is 12.3. The second-order valence-corrected chi connectivity index (χ2v) is 8.46. The minimum atomic E-state index is 0.0809. The number of aliphatic hydroxyl groups excluding tert-OH is 1. The summed E-state index contributed by atoms with van der Waals surface area (Å²) in [6, 6.07) is 1.18. The van der Waals surface area contributed by atoms with E-state index in [4.69, 9.17) is 0 Å². The van der Waals surface area contributed by atoms with Gasteiger partial charge in [0, 0.05) is 38.2 Å². The van der Waals surface area contributed by atoms with E-state index in [1.54, 1.807) is 0 Å². The predicted molar refractivity (Wildman–Crippen MR) is 89.6 cm³/mol. The second-order valence-electron chi connectivity index (χ2n) is 8.46. The Morgan fingerprint density at radius 1 is 1.05 bits per heavy atom. The summed E-state index contributed by atoms with van der Waals surface area (Å²) >= 11 is 0. The van der Waals surface area contributed by atoms with Gasteiger partial charge in [-0.05, 0) is 49.9 Å². The summed E-state index contributed by atoms with van der Waals surface area (Å²) in [4.78, 5) is 14.3. The SMILES string of the molecule is CC(C)(C)CC(=O)N1CCC(NC2CCC(CO)CC2)CC1. The molecule has 128 valence electrons. The number of rotatable bonds is 4. The van der Waals surface area contributed by atoms with Gasteiger partial charge in [0.15, 0.2) is 0 Å². The van der Waals surface area contributed by atoms with Crippen LogP contribution in [0.4, 0.5) is 0 Å². The average Bonchev–Trinajstić information content (AvgIpc) is 2.47. The second kappa shape index (κ2) is 7.78. The average molecular weight is 310 g/mol. The Labute approximate surface area is 135 Å². The van der Waals surface area contributed by atoms with E-state index in [1.807, 2.05) is 4.90 Å². The third-order valence-corrected chi connectivity index (χ3v) is 5.11. The summed E-state index contributed by atoms with van der Waals surface area (Å²) in [5.41, 5.74) is 0.0809. The lowest BCUT2D eigenvalue weighted by Gasteiger charge is -2.37. The summed E-state index contributed by atoms with van der Waals surface area (Å²) in [5, 5.41) is 13.0. The van der Waals surface area contributed by atoms with Gasteiger partial charge in [-0.15, -0.1) is 0 Å². The molecule has 0 spiro atoms. The number of carbonyl (C=O) groups excluding carboxylic acids is 1. The van der Waals surface area contributed by atoms with E-state index in [0.29, 0.717) is 36.9 Å². The lowest BCUT2D eigenvalue weighted by Crippen LogP contribution is -2.49. The van der Waals surface area contributed by atoms with Crippen molar-refractivity contribution in [2.45, 2.75) is 77.8 Å². The van der Waals surface area contributed by atoms with E-state index < -0.39 is 0 Å². The Balaban J connectivity index is 1.68. The molecule has 1 heterocycles. The molecular weight excluding hydrogens is 276 g/mol. The molecule has 0 aromatic heterocycles. The van der Waals surface area contributed by atoms with E-state index in [-0.39, 0.29) is 5.41 Å². The number of carbonyl (C=O) groups is 1. The molecule has 0 unspecified atom stereocenters. The summed E-state index contributed by atoms with van der Waals surface area (Å²) in [7, 11) is 0. The van der Waals surface area contributed by atoms with Crippen molar-refractivity contribution in [1.82, 2.24) is 10.2 Å². The third-order valence-electron chi connectivity index (χ3n) is 5.11. The minimum absolute atomic E-state index is 0.0809. The molecule has 1 amide bonds. The zero-order valence-electron chi connectivity index (χ0n) is 14.6. The maximum atomic E-state index is 12.3. The first-order chi connectivity index (χ1) is 10.4. The smallest absolute Gasteiger partial charge is 0.223 e. The molecule has 0 bridgehead atoms. The topological polar surface area (TPSA) is 52.6 Å². The zero-order valence-corrected chi connectivity index (χ0v) is 14.6. The quantitative estimate of drug-likeness (QED) is 0.839. The highest BCUT2D eigenvalue weighted by Crippen LogP contribution is 2.26. The van der Waals surface area contributed by atoms with Crippen LogP contribution in [0.25, 0.3) is 0 Å². The van der Waals surface area contributed by atoms with Gasteiger partial charge < -0.3 is 15.3 Å². The minimum Gasteiger partial charge on any atom is -0.396 e. The highest BCUT2D eigenvalue weighted by atomic mass is 16.3. The molecular formula is C18H34N2O2. The van der Waals surface area contributed by atoms with Gasteiger partial charge in [0.05, 0.1) is 0 Å². The van der Waals surface area contributed by atoms with Gasteiger partial charge >= 0.3 is 0 Å². The van der Waals surface area contributed by atoms with Gasteiger partial charge in [-0.1, -0.05) is 20.8 Å². The number of hydrogen-bond acceptors (Lipinski definition) is 3. The Morgan fingerprint density at radius 3 is 2.09 bits per heavy atom. The van der Waals surface area contributed by atoms with Crippen LogP contribution in [0, 0.1) is 11.3 Å². The normalized spacial score (nSPS) is 27.9. The lowest BCUT2D eigenvalue weighted by atomic mass is 9.86. The van der Waals surface area contributed by atoms with Crippen molar-refractivity contribution in [1.29, 1.82) is 0 Å². The molecule has 2 N–H and O–H groups in total. The summed E-state index contributed by atoms with van der Waals surface area (Å²) in [6.07, 6.45) is 7.48. The van der Waals surface area contributed by atoms with Gasteiger partial charge in [-0.25, -0.2) is 0 Å². The van der Waals surface area contributed by atoms with Crippen LogP contribution in [0.1, 0.15) is 65.7 Å². The van der Waals surface area contributed by atoms with Crippen LogP contribution in [0.3, 0.4) is 0 Å². The molecule has 2 aliphatic rings. The molecule has 2 rings (SSSR count). The van der Waals surface area contributed by atoms with Crippen LogP contribution < -0.4 is 5.32 Å². The van der Waals surface area contributed by atoms with Crippen molar-refractivity contribution in [3.05, 3.63) is 0 Å². The molecule has 2 fully saturated rings. The molecule has 4 heteroatoms. The number of hydrogen-bond donors (Lipinski definition) is 2. The number of aliphatic hydroxyl groups is 1. The fourth-order valence-electron chi connectivity index (χ4n) is 3.71. The molecule has 22 heavy (non-hydrogen) atoms. The van der Waals surface area contributed by atoms with Crippen molar-refractivity contribution in [3.63, 3.8) is 0 Å². The van der Waals surface area contributed by atoms with Gasteiger partial charge in [0.25, 0.3) is 0 Å². The highest BCUT2D eigenvalue weighted by Gasteiger charge is 2.28. The van der Waals surface area contributed by atoms with Crippen LogP contribution in [0.15, 0.2) is 0 Å². The lowest BCUT2D eigenvalue weighted by molar-refractivity contribution is -0.134. The molecule has 0 radical (unpaired) electrons. The fraction of sp³-hybridized carbons (Fsp3) is 0.944. The Kier molecular flexibility index (Phi) is 6.27. The van der Waals surface area contributed by atoms with Crippen molar-refractivity contribution >= 4 is 5.91 Å². The van der Waals surface area contributed by atoms with E-state index in [1.165, 1.54) is 12.8 Å². The molecule has 0 aromatic rings. The molecule has 1 saturated heterocycles. The van der Waals surface area contributed by atoms with Crippen molar-refractivity contribution in [3.8, 4) is 0 Å². The predicted octanol–water partition coefficient (Wildman–Crippen LogP) is 2.55.